The minimum absolute atomic E-state index is 0.112. The van der Waals surface area contributed by atoms with Gasteiger partial charge in [0.2, 0.25) is 0 Å². The normalized spacial score (nSPS) is 11.7. The molecule has 0 radical (unpaired) electrons. The lowest BCUT2D eigenvalue weighted by atomic mass is 10.1. The molecule has 0 aliphatic carbocycles. The molecule has 158 valence electrons. The minimum Gasteiger partial charge on any atom is -0.497 e. The fourth-order valence-electron chi connectivity index (χ4n) is 2.86. The van der Waals surface area contributed by atoms with Gasteiger partial charge in [-0.25, -0.2) is 9.97 Å². The summed E-state index contributed by atoms with van der Waals surface area (Å²) >= 11 is 0. The lowest BCUT2D eigenvalue weighted by molar-refractivity contribution is 0.0351. The molecule has 0 aliphatic rings. The van der Waals surface area contributed by atoms with Crippen molar-refractivity contribution in [1.29, 1.82) is 0 Å². The van der Waals surface area contributed by atoms with Crippen LogP contribution in [-0.2, 0) is 4.74 Å². The van der Waals surface area contributed by atoms with E-state index in [0.717, 1.165) is 11.3 Å². The number of nitrogen functional groups attached to an aromatic ring is 1. The summed E-state index contributed by atoms with van der Waals surface area (Å²) in [5.74, 6) is 2.62. The zero-order valence-corrected chi connectivity index (χ0v) is 17.2. The lowest BCUT2D eigenvalue weighted by Crippen LogP contribution is -2.11. The van der Waals surface area contributed by atoms with E-state index in [0.29, 0.717) is 23.0 Å². The number of aromatic nitrogens is 2. The molecule has 2 aromatic carbocycles. The molecule has 0 aliphatic heterocycles. The standard InChI is InChI=1S/C22H25N3O5/c1-14(29-13-12-26)19-20(30-18-7-5-4-6-17(18)28-3)21(23)25-22(24-19)15-8-10-16(27-2)11-9-15/h4-11,14,26H,12-13H2,1-3H3,(H2,23,24,25). The Balaban J connectivity index is 2.05. The summed E-state index contributed by atoms with van der Waals surface area (Å²) in [6.07, 6.45) is -0.496. The molecule has 1 aromatic heterocycles. The number of aliphatic hydroxyl groups excluding tert-OH is 1. The first-order valence-corrected chi connectivity index (χ1v) is 9.42. The Morgan fingerprint density at radius 1 is 0.967 bits per heavy atom. The Bertz CT molecular complexity index is 979. The van der Waals surface area contributed by atoms with Crippen LogP contribution < -0.4 is 19.9 Å². The monoisotopic (exact) mass is 411 g/mol. The van der Waals surface area contributed by atoms with Crippen molar-refractivity contribution in [2.24, 2.45) is 0 Å². The number of benzene rings is 2. The first-order valence-electron chi connectivity index (χ1n) is 9.42. The van der Waals surface area contributed by atoms with Crippen LogP contribution in [0.15, 0.2) is 48.5 Å². The Labute approximate surface area is 175 Å². The third kappa shape index (κ3) is 4.79. The Kier molecular flexibility index (Phi) is 7.05. The Morgan fingerprint density at radius 2 is 1.67 bits per heavy atom. The van der Waals surface area contributed by atoms with Gasteiger partial charge in [-0.2, -0.15) is 0 Å². The molecule has 0 fully saturated rings. The zero-order chi connectivity index (χ0) is 21.5. The van der Waals surface area contributed by atoms with Crippen molar-refractivity contribution in [3.63, 3.8) is 0 Å². The summed E-state index contributed by atoms with van der Waals surface area (Å²) in [7, 11) is 3.16. The molecule has 0 saturated heterocycles. The van der Waals surface area contributed by atoms with E-state index in [1.807, 2.05) is 43.3 Å². The molecule has 8 heteroatoms. The average molecular weight is 411 g/mol. The van der Waals surface area contributed by atoms with Crippen molar-refractivity contribution in [3.05, 3.63) is 54.2 Å². The first-order chi connectivity index (χ1) is 14.6. The fraction of sp³-hybridized carbons (Fsp3) is 0.273. The summed E-state index contributed by atoms with van der Waals surface area (Å²) in [4.78, 5) is 9.09. The molecule has 0 spiro atoms. The number of aliphatic hydroxyl groups is 1. The molecule has 0 amide bonds. The summed E-state index contributed by atoms with van der Waals surface area (Å²) < 4.78 is 22.3. The van der Waals surface area contributed by atoms with E-state index in [4.69, 9.17) is 29.8 Å². The van der Waals surface area contributed by atoms with Crippen LogP contribution in [0.5, 0.6) is 23.0 Å². The summed E-state index contributed by atoms with van der Waals surface area (Å²) in [6.45, 7) is 1.85. The minimum atomic E-state index is -0.496. The number of para-hydroxylation sites is 2. The molecule has 3 N–H and O–H groups in total. The maximum absolute atomic E-state index is 9.13. The van der Waals surface area contributed by atoms with Crippen LogP contribution in [0.25, 0.3) is 11.4 Å². The maximum atomic E-state index is 9.13. The molecule has 1 atom stereocenters. The third-order valence-corrected chi connectivity index (χ3v) is 4.39. The molecule has 8 nitrogen and oxygen atoms in total. The number of nitrogens with two attached hydrogens (primary N) is 1. The van der Waals surface area contributed by atoms with Crippen molar-refractivity contribution >= 4 is 5.82 Å². The van der Waals surface area contributed by atoms with Crippen LogP contribution in [0.4, 0.5) is 5.82 Å². The van der Waals surface area contributed by atoms with Crippen molar-refractivity contribution in [2.75, 3.05) is 33.2 Å². The number of nitrogens with zero attached hydrogens (tertiary/aromatic N) is 2. The van der Waals surface area contributed by atoms with Crippen molar-refractivity contribution in [1.82, 2.24) is 9.97 Å². The van der Waals surface area contributed by atoms with Gasteiger partial charge in [0.25, 0.3) is 0 Å². The highest BCUT2D eigenvalue weighted by Gasteiger charge is 2.22. The number of hydrogen-bond acceptors (Lipinski definition) is 8. The number of rotatable bonds is 9. The highest BCUT2D eigenvalue weighted by molar-refractivity contribution is 5.63. The highest BCUT2D eigenvalue weighted by Crippen LogP contribution is 2.39. The molecule has 0 saturated carbocycles. The third-order valence-electron chi connectivity index (χ3n) is 4.39. The fourth-order valence-corrected chi connectivity index (χ4v) is 2.86. The van der Waals surface area contributed by atoms with Gasteiger partial charge in [0.1, 0.15) is 17.5 Å². The number of hydrogen-bond donors (Lipinski definition) is 2. The lowest BCUT2D eigenvalue weighted by Gasteiger charge is -2.19. The second kappa shape index (κ2) is 9.91. The van der Waals surface area contributed by atoms with Gasteiger partial charge < -0.3 is 29.8 Å². The number of anilines is 1. The Hall–Kier alpha value is -3.36. The molecular formula is C22H25N3O5. The van der Waals surface area contributed by atoms with E-state index in [1.54, 1.807) is 26.4 Å². The van der Waals surface area contributed by atoms with Gasteiger partial charge in [-0.05, 0) is 43.3 Å². The molecule has 1 heterocycles. The van der Waals surface area contributed by atoms with Gasteiger partial charge in [-0.3, -0.25) is 0 Å². The largest absolute Gasteiger partial charge is 0.497 e. The summed E-state index contributed by atoms with van der Waals surface area (Å²) in [6, 6.07) is 14.5. The van der Waals surface area contributed by atoms with Gasteiger partial charge in [-0.1, -0.05) is 12.1 Å². The van der Waals surface area contributed by atoms with Crippen LogP contribution in [0, 0.1) is 0 Å². The van der Waals surface area contributed by atoms with E-state index < -0.39 is 6.10 Å². The smallest absolute Gasteiger partial charge is 0.193 e. The molecule has 30 heavy (non-hydrogen) atoms. The Morgan fingerprint density at radius 3 is 2.30 bits per heavy atom. The van der Waals surface area contributed by atoms with Gasteiger partial charge in [0, 0.05) is 5.56 Å². The first kappa shape index (κ1) is 21.4. The van der Waals surface area contributed by atoms with Crippen molar-refractivity contribution in [2.45, 2.75) is 13.0 Å². The molecule has 0 bridgehead atoms. The van der Waals surface area contributed by atoms with Crippen LogP contribution in [0.2, 0.25) is 0 Å². The summed E-state index contributed by atoms with van der Waals surface area (Å²) in [5.41, 5.74) is 7.51. The topological polar surface area (TPSA) is 109 Å². The predicted molar refractivity (Wildman–Crippen MR) is 113 cm³/mol. The van der Waals surface area contributed by atoms with E-state index in [2.05, 4.69) is 9.97 Å². The van der Waals surface area contributed by atoms with Crippen LogP contribution in [0.1, 0.15) is 18.7 Å². The second-order valence-corrected chi connectivity index (χ2v) is 6.36. The average Bonchev–Trinajstić information content (AvgIpc) is 2.79. The number of ether oxygens (including phenoxy) is 4. The predicted octanol–water partition coefficient (Wildman–Crippen LogP) is 3.61. The zero-order valence-electron chi connectivity index (χ0n) is 17.2. The molecular weight excluding hydrogens is 386 g/mol. The quantitative estimate of drug-likeness (QED) is 0.550. The van der Waals surface area contributed by atoms with Gasteiger partial charge in [0.15, 0.2) is 28.9 Å². The van der Waals surface area contributed by atoms with Crippen LogP contribution in [-0.4, -0.2) is 42.5 Å². The van der Waals surface area contributed by atoms with Gasteiger partial charge in [0.05, 0.1) is 27.4 Å². The molecule has 1 unspecified atom stereocenters. The van der Waals surface area contributed by atoms with Crippen molar-refractivity contribution < 1.29 is 24.1 Å². The maximum Gasteiger partial charge on any atom is 0.193 e. The van der Waals surface area contributed by atoms with E-state index in [-0.39, 0.29) is 24.8 Å². The van der Waals surface area contributed by atoms with Crippen LogP contribution >= 0.6 is 0 Å². The number of methoxy groups -OCH3 is 2. The SMILES string of the molecule is COc1ccc(-c2nc(N)c(Oc3ccccc3OC)c(C(C)OCCO)n2)cc1. The second-order valence-electron chi connectivity index (χ2n) is 6.36. The van der Waals surface area contributed by atoms with Gasteiger partial charge >= 0.3 is 0 Å². The van der Waals surface area contributed by atoms with Gasteiger partial charge in [-0.15, -0.1) is 0 Å². The van der Waals surface area contributed by atoms with E-state index in [1.165, 1.54) is 0 Å². The molecule has 3 rings (SSSR count). The highest BCUT2D eigenvalue weighted by atomic mass is 16.5. The van der Waals surface area contributed by atoms with E-state index >= 15 is 0 Å². The van der Waals surface area contributed by atoms with Crippen LogP contribution in [0.3, 0.4) is 0 Å². The van der Waals surface area contributed by atoms with E-state index in [9.17, 15) is 0 Å². The van der Waals surface area contributed by atoms with Crippen molar-refractivity contribution in [3.8, 4) is 34.4 Å². The molecule has 3 aromatic rings. The summed E-state index contributed by atoms with van der Waals surface area (Å²) in [5, 5.41) is 9.13.